The molecular formula is C22H33NO3. The largest absolute Gasteiger partial charge is 0.457 e. The van der Waals surface area contributed by atoms with E-state index < -0.39 is 11.6 Å². The summed E-state index contributed by atoms with van der Waals surface area (Å²) in [5, 5.41) is 0. The first kappa shape index (κ1) is 20.6. The predicted octanol–water partition coefficient (Wildman–Crippen LogP) is 4.12. The van der Waals surface area contributed by atoms with Crippen molar-refractivity contribution in [1.29, 1.82) is 0 Å². The quantitative estimate of drug-likeness (QED) is 0.655. The van der Waals surface area contributed by atoms with Crippen molar-refractivity contribution >= 4 is 11.8 Å². The topological polar surface area (TPSA) is 46.6 Å². The standard InChI is InChI=1S/C22H33NO3/c1-6-22(7-2)15-23(8-3)20(21(25)26-22)14-19(24)13-17-9-11-18(12-10-17)16(4)5/h9-12,16,20H,6-8,13-15H2,1-5H3. The average Bonchev–Trinajstić information content (AvgIpc) is 2.63. The molecular weight excluding hydrogens is 326 g/mol. The Morgan fingerprint density at radius 1 is 1.19 bits per heavy atom. The Kier molecular flexibility index (Phi) is 6.99. The van der Waals surface area contributed by atoms with Crippen molar-refractivity contribution in [1.82, 2.24) is 4.90 Å². The molecule has 0 spiro atoms. The number of morpholine rings is 1. The number of hydrogen-bond donors (Lipinski definition) is 0. The number of carbonyl (C=O) groups excluding carboxylic acids is 2. The summed E-state index contributed by atoms with van der Waals surface area (Å²) in [5.41, 5.74) is 1.87. The molecule has 1 aliphatic heterocycles. The van der Waals surface area contributed by atoms with Crippen LogP contribution < -0.4 is 0 Å². The number of hydrogen-bond acceptors (Lipinski definition) is 4. The van der Waals surface area contributed by atoms with Gasteiger partial charge in [0, 0.05) is 19.4 Å². The van der Waals surface area contributed by atoms with E-state index >= 15 is 0 Å². The molecule has 1 saturated heterocycles. The minimum Gasteiger partial charge on any atom is -0.457 e. The fraction of sp³-hybridized carbons (Fsp3) is 0.636. The Morgan fingerprint density at radius 2 is 1.81 bits per heavy atom. The molecule has 2 rings (SSSR count). The van der Waals surface area contributed by atoms with Crippen LogP contribution in [0, 0.1) is 0 Å². The van der Waals surface area contributed by atoms with E-state index in [9.17, 15) is 9.59 Å². The first-order chi connectivity index (χ1) is 12.3. The van der Waals surface area contributed by atoms with Gasteiger partial charge in [-0.15, -0.1) is 0 Å². The van der Waals surface area contributed by atoms with Gasteiger partial charge in [-0.25, -0.2) is 0 Å². The molecule has 1 atom stereocenters. The summed E-state index contributed by atoms with van der Waals surface area (Å²) < 4.78 is 5.78. The van der Waals surface area contributed by atoms with Gasteiger partial charge in [-0.3, -0.25) is 14.5 Å². The van der Waals surface area contributed by atoms with Gasteiger partial charge in [-0.2, -0.15) is 0 Å². The number of Topliss-reactive ketones (excluding diaryl/α,β-unsaturated/α-hetero) is 1. The molecule has 0 saturated carbocycles. The van der Waals surface area contributed by atoms with Crippen LogP contribution in [-0.2, 0) is 20.7 Å². The van der Waals surface area contributed by atoms with Crippen molar-refractivity contribution in [2.24, 2.45) is 0 Å². The lowest BCUT2D eigenvalue weighted by atomic mass is 9.91. The molecule has 0 aromatic heterocycles. The number of benzene rings is 1. The van der Waals surface area contributed by atoms with E-state index in [2.05, 4.69) is 44.7 Å². The zero-order valence-electron chi connectivity index (χ0n) is 16.9. The lowest BCUT2D eigenvalue weighted by molar-refractivity contribution is -0.185. The molecule has 26 heavy (non-hydrogen) atoms. The van der Waals surface area contributed by atoms with Crippen LogP contribution in [0.3, 0.4) is 0 Å². The normalized spacial score (nSPS) is 20.2. The molecule has 0 bridgehead atoms. The van der Waals surface area contributed by atoms with E-state index in [0.717, 1.165) is 24.9 Å². The predicted molar refractivity (Wildman–Crippen MR) is 104 cm³/mol. The lowest BCUT2D eigenvalue weighted by Crippen LogP contribution is -2.59. The number of likely N-dealkylation sites (N-methyl/N-ethyl adjacent to an activating group) is 1. The molecule has 1 fully saturated rings. The molecule has 4 heteroatoms. The van der Waals surface area contributed by atoms with Crippen LogP contribution in [-0.4, -0.2) is 41.4 Å². The molecule has 144 valence electrons. The smallest absolute Gasteiger partial charge is 0.324 e. The number of ketones is 1. The Labute approximate surface area is 157 Å². The van der Waals surface area contributed by atoms with Crippen LogP contribution in [0.4, 0.5) is 0 Å². The van der Waals surface area contributed by atoms with Crippen molar-refractivity contribution in [3.05, 3.63) is 35.4 Å². The number of esters is 1. The average molecular weight is 360 g/mol. The molecule has 0 N–H and O–H groups in total. The van der Waals surface area contributed by atoms with Crippen LogP contribution in [0.1, 0.15) is 70.9 Å². The van der Waals surface area contributed by atoms with E-state index in [1.54, 1.807) is 0 Å². The van der Waals surface area contributed by atoms with Crippen LogP contribution in [0.2, 0.25) is 0 Å². The van der Waals surface area contributed by atoms with Crippen molar-refractivity contribution < 1.29 is 14.3 Å². The number of carbonyl (C=O) groups is 2. The molecule has 0 radical (unpaired) electrons. The number of nitrogens with zero attached hydrogens (tertiary/aromatic N) is 1. The van der Waals surface area contributed by atoms with Gasteiger partial charge in [0.1, 0.15) is 17.4 Å². The minimum atomic E-state index is -0.450. The fourth-order valence-electron chi connectivity index (χ4n) is 3.64. The molecule has 0 aliphatic carbocycles. The molecule has 1 aromatic carbocycles. The highest BCUT2D eigenvalue weighted by molar-refractivity contribution is 5.88. The summed E-state index contributed by atoms with van der Waals surface area (Å²) >= 11 is 0. The van der Waals surface area contributed by atoms with E-state index in [0.29, 0.717) is 18.9 Å². The van der Waals surface area contributed by atoms with Crippen molar-refractivity contribution in [2.75, 3.05) is 13.1 Å². The monoisotopic (exact) mass is 359 g/mol. The van der Waals surface area contributed by atoms with Crippen molar-refractivity contribution in [3.8, 4) is 0 Å². The molecule has 1 aliphatic rings. The number of ether oxygens (including phenoxy) is 1. The van der Waals surface area contributed by atoms with Crippen LogP contribution in [0.15, 0.2) is 24.3 Å². The summed E-state index contributed by atoms with van der Waals surface area (Å²) in [6, 6.07) is 7.75. The second-order valence-corrected chi connectivity index (χ2v) is 7.71. The van der Waals surface area contributed by atoms with Crippen LogP contribution in [0.25, 0.3) is 0 Å². The number of rotatable bonds is 8. The summed E-state index contributed by atoms with van der Waals surface area (Å²) in [6.45, 7) is 11.9. The van der Waals surface area contributed by atoms with E-state index in [4.69, 9.17) is 4.74 Å². The third kappa shape index (κ3) is 4.73. The Hall–Kier alpha value is -1.68. The third-order valence-corrected chi connectivity index (χ3v) is 5.68. The molecule has 0 amide bonds. The highest BCUT2D eigenvalue weighted by Crippen LogP contribution is 2.30. The maximum Gasteiger partial charge on any atom is 0.324 e. The van der Waals surface area contributed by atoms with E-state index in [-0.39, 0.29) is 18.2 Å². The fourth-order valence-corrected chi connectivity index (χ4v) is 3.64. The second kappa shape index (κ2) is 8.81. The van der Waals surface area contributed by atoms with Gasteiger partial charge in [0.05, 0.1) is 0 Å². The minimum absolute atomic E-state index is 0.0863. The maximum atomic E-state index is 12.6. The molecule has 4 nitrogen and oxygen atoms in total. The third-order valence-electron chi connectivity index (χ3n) is 5.68. The van der Waals surface area contributed by atoms with Crippen LogP contribution in [0.5, 0.6) is 0 Å². The van der Waals surface area contributed by atoms with Gasteiger partial charge in [0.25, 0.3) is 0 Å². The first-order valence-corrected chi connectivity index (χ1v) is 9.91. The van der Waals surface area contributed by atoms with Gasteiger partial charge < -0.3 is 4.74 Å². The summed E-state index contributed by atoms with van der Waals surface area (Å²) in [7, 11) is 0. The van der Waals surface area contributed by atoms with Gasteiger partial charge in [0.15, 0.2) is 0 Å². The second-order valence-electron chi connectivity index (χ2n) is 7.71. The highest BCUT2D eigenvalue weighted by Gasteiger charge is 2.44. The van der Waals surface area contributed by atoms with Crippen LogP contribution >= 0.6 is 0 Å². The Balaban J connectivity index is 2.02. The summed E-state index contributed by atoms with van der Waals surface area (Å²) in [4.78, 5) is 27.3. The van der Waals surface area contributed by atoms with Gasteiger partial charge in [0.2, 0.25) is 0 Å². The summed E-state index contributed by atoms with van der Waals surface area (Å²) in [6.07, 6.45) is 2.19. The Bertz CT molecular complexity index is 617. The Morgan fingerprint density at radius 3 is 2.31 bits per heavy atom. The van der Waals surface area contributed by atoms with Gasteiger partial charge in [-0.1, -0.05) is 58.9 Å². The maximum absolute atomic E-state index is 12.6. The SMILES string of the molecule is CCN1CC(CC)(CC)OC(=O)C1CC(=O)Cc1ccc(C(C)C)cc1. The number of cyclic esters (lactones) is 1. The van der Waals surface area contributed by atoms with E-state index in [1.165, 1.54) is 5.56 Å². The van der Waals surface area contributed by atoms with Gasteiger partial charge in [-0.05, 0) is 36.4 Å². The molecule has 1 heterocycles. The lowest BCUT2D eigenvalue weighted by Gasteiger charge is -2.44. The van der Waals surface area contributed by atoms with E-state index in [1.807, 2.05) is 19.1 Å². The highest BCUT2D eigenvalue weighted by atomic mass is 16.6. The van der Waals surface area contributed by atoms with Gasteiger partial charge >= 0.3 is 5.97 Å². The zero-order valence-corrected chi connectivity index (χ0v) is 16.9. The van der Waals surface area contributed by atoms with Crippen molar-refractivity contribution in [2.45, 2.75) is 77.9 Å². The first-order valence-electron chi connectivity index (χ1n) is 9.91. The summed E-state index contributed by atoms with van der Waals surface area (Å²) in [5.74, 6) is 0.320. The molecule has 1 unspecified atom stereocenters. The van der Waals surface area contributed by atoms with Crippen molar-refractivity contribution in [3.63, 3.8) is 0 Å². The molecule has 1 aromatic rings. The zero-order chi connectivity index (χ0) is 19.3.